The molecule has 0 saturated heterocycles. The van der Waals surface area contributed by atoms with Gasteiger partial charge in [-0.2, -0.15) is 0 Å². The van der Waals surface area contributed by atoms with Gasteiger partial charge in [0.25, 0.3) is 11.8 Å². The van der Waals surface area contributed by atoms with Crippen molar-refractivity contribution in [1.82, 2.24) is 0 Å². The number of aryl methyl sites for hydroxylation is 2. The molecule has 0 bridgehead atoms. The van der Waals surface area contributed by atoms with E-state index in [1.54, 1.807) is 49.4 Å². The zero-order valence-electron chi connectivity index (χ0n) is 16.8. The van der Waals surface area contributed by atoms with E-state index in [1.165, 1.54) is 0 Å². The van der Waals surface area contributed by atoms with Crippen LogP contribution in [0.5, 0.6) is 0 Å². The first-order valence-corrected chi connectivity index (χ1v) is 9.43. The van der Waals surface area contributed by atoms with Gasteiger partial charge in [0.05, 0.1) is 16.8 Å². The molecule has 2 amide bonds. The van der Waals surface area contributed by atoms with E-state index in [-0.39, 0.29) is 5.91 Å². The molecule has 3 aromatic rings. The molecule has 0 aliphatic heterocycles. The van der Waals surface area contributed by atoms with Crippen molar-refractivity contribution in [3.05, 3.63) is 95.1 Å². The number of anilines is 2. The third-order valence-electron chi connectivity index (χ3n) is 4.42. The molecule has 3 aromatic carbocycles. The van der Waals surface area contributed by atoms with Gasteiger partial charge >= 0.3 is 5.97 Å². The van der Waals surface area contributed by atoms with Gasteiger partial charge in [0.15, 0.2) is 6.61 Å². The second-order valence-electron chi connectivity index (χ2n) is 6.81. The molecule has 0 atom stereocenters. The van der Waals surface area contributed by atoms with Crippen LogP contribution in [0.25, 0.3) is 0 Å². The maximum Gasteiger partial charge on any atom is 0.338 e. The van der Waals surface area contributed by atoms with Gasteiger partial charge in [0.2, 0.25) is 0 Å². The molecular weight excluding hydrogens is 380 g/mol. The number of rotatable bonds is 6. The summed E-state index contributed by atoms with van der Waals surface area (Å²) in [4.78, 5) is 37.2. The van der Waals surface area contributed by atoms with Crippen LogP contribution < -0.4 is 10.6 Å². The van der Waals surface area contributed by atoms with Crippen molar-refractivity contribution in [1.29, 1.82) is 0 Å². The van der Waals surface area contributed by atoms with Gasteiger partial charge in [-0.15, -0.1) is 0 Å². The van der Waals surface area contributed by atoms with Crippen LogP contribution in [-0.2, 0) is 9.53 Å². The van der Waals surface area contributed by atoms with E-state index in [4.69, 9.17) is 4.74 Å². The first-order chi connectivity index (χ1) is 14.4. The van der Waals surface area contributed by atoms with Crippen molar-refractivity contribution in [2.24, 2.45) is 0 Å². The molecule has 0 saturated carbocycles. The quantitative estimate of drug-likeness (QED) is 0.601. The molecule has 6 heteroatoms. The summed E-state index contributed by atoms with van der Waals surface area (Å²) in [6.07, 6.45) is 0. The van der Waals surface area contributed by atoms with Crippen LogP contribution in [0.3, 0.4) is 0 Å². The second-order valence-corrected chi connectivity index (χ2v) is 6.81. The number of benzene rings is 3. The van der Waals surface area contributed by atoms with Crippen molar-refractivity contribution in [2.75, 3.05) is 17.2 Å². The van der Waals surface area contributed by atoms with E-state index in [1.807, 2.05) is 37.3 Å². The summed E-state index contributed by atoms with van der Waals surface area (Å²) in [5.41, 5.74) is 3.40. The lowest BCUT2D eigenvalue weighted by atomic mass is 10.1. The van der Waals surface area contributed by atoms with Gasteiger partial charge in [0, 0.05) is 5.69 Å². The molecule has 0 aliphatic carbocycles. The molecule has 0 fully saturated rings. The highest BCUT2D eigenvalue weighted by Gasteiger charge is 2.16. The smallest absolute Gasteiger partial charge is 0.338 e. The molecule has 0 radical (unpaired) electrons. The zero-order chi connectivity index (χ0) is 21.5. The number of amides is 2. The normalized spacial score (nSPS) is 10.2. The Morgan fingerprint density at radius 2 is 1.50 bits per heavy atom. The first kappa shape index (κ1) is 20.8. The average Bonchev–Trinajstić information content (AvgIpc) is 2.75. The Morgan fingerprint density at radius 1 is 0.800 bits per heavy atom. The largest absolute Gasteiger partial charge is 0.452 e. The van der Waals surface area contributed by atoms with E-state index < -0.39 is 18.5 Å². The van der Waals surface area contributed by atoms with Gasteiger partial charge in [-0.05, 0) is 49.7 Å². The maximum atomic E-state index is 12.6. The highest BCUT2D eigenvalue weighted by molar-refractivity contribution is 6.10. The van der Waals surface area contributed by atoms with Crippen molar-refractivity contribution < 1.29 is 19.1 Å². The number of carbonyl (C=O) groups is 3. The lowest BCUT2D eigenvalue weighted by Gasteiger charge is -2.12. The molecular formula is C24H22N2O4. The average molecular weight is 402 g/mol. The summed E-state index contributed by atoms with van der Waals surface area (Å²) in [5.74, 6) is -1.46. The molecule has 0 heterocycles. The van der Waals surface area contributed by atoms with Crippen LogP contribution in [0.2, 0.25) is 0 Å². The Labute approximate surface area is 174 Å². The highest BCUT2D eigenvalue weighted by atomic mass is 16.5. The van der Waals surface area contributed by atoms with Crippen molar-refractivity contribution in [2.45, 2.75) is 13.8 Å². The highest BCUT2D eigenvalue weighted by Crippen LogP contribution is 2.18. The van der Waals surface area contributed by atoms with Gasteiger partial charge in [0.1, 0.15) is 0 Å². The number of nitrogens with one attached hydrogen (secondary N) is 2. The first-order valence-electron chi connectivity index (χ1n) is 9.43. The number of esters is 1. The van der Waals surface area contributed by atoms with E-state index in [9.17, 15) is 14.4 Å². The van der Waals surface area contributed by atoms with Crippen LogP contribution in [0, 0.1) is 13.8 Å². The Balaban J connectivity index is 1.63. The molecule has 0 aromatic heterocycles. The third-order valence-corrected chi connectivity index (χ3v) is 4.42. The van der Waals surface area contributed by atoms with Gasteiger partial charge < -0.3 is 15.4 Å². The Morgan fingerprint density at radius 3 is 2.27 bits per heavy atom. The lowest BCUT2D eigenvalue weighted by Crippen LogP contribution is -2.23. The van der Waals surface area contributed by atoms with Crippen LogP contribution in [-0.4, -0.2) is 24.4 Å². The standard InChI is InChI=1S/C24H22N2O4/c1-16-12-13-17(2)20(14-16)24(29)30-15-22(27)26-21-11-7-6-10-19(21)23(28)25-18-8-4-3-5-9-18/h3-14H,15H2,1-2H3,(H,25,28)(H,26,27). The summed E-state index contributed by atoms with van der Waals surface area (Å²) in [6.45, 7) is 3.22. The van der Waals surface area contributed by atoms with E-state index in [2.05, 4.69) is 10.6 Å². The predicted octanol–water partition coefficient (Wildman–Crippen LogP) is 4.35. The summed E-state index contributed by atoms with van der Waals surface area (Å²) in [6, 6.07) is 21.1. The number of hydrogen-bond donors (Lipinski definition) is 2. The minimum absolute atomic E-state index is 0.301. The Bertz CT molecular complexity index is 1080. The summed E-state index contributed by atoms with van der Waals surface area (Å²) >= 11 is 0. The maximum absolute atomic E-state index is 12.6. The van der Waals surface area contributed by atoms with Gasteiger partial charge in [-0.25, -0.2) is 4.79 Å². The minimum Gasteiger partial charge on any atom is -0.452 e. The lowest BCUT2D eigenvalue weighted by molar-refractivity contribution is -0.119. The van der Waals surface area contributed by atoms with Gasteiger partial charge in [-0.3, -0.25) is 9.59 Å². The monoisotopic (exact) mass is 402 g/mol. The summed E-state index contributed by atoms with van der Waals surface area (Å²) < 4.78 is 5.14. The van der Waals surface area contributed by atoms with Crippen LogP contribution >= 0.6 is 0 Å². The molecule has 0 unspecified atom stereocenters. The Hall–Kier alpha value is -3.93. The Kier molecular flexibility index (Phi) is 6.60. The van der Waals surface area contributed by atoms with Crippen LogP contribution in [0.4, 0.5) is 11.4 Å². The fourth-order valence-corrected chi connectivity index (χ4v) is 2.86. The number of ether oxygens (including phenoxy) is 1. The third kappa shape index (κ3) is 5.32. The van der Waals surface area contributed by atoms with E-state index in [0.29, 0.717) is 22.5 Å². The number of hydrogen-bond acceptors (Lipinski definition) is 4. The minimum atomic E-state index is -0.568. The predicted molar refractivity (Wildman–Crippen MR) is 116 cm³/mol. The van der Waals surface area contributed by atoms with Crippen LogP contribution in [0.1, 0.15) is 31.8 Å². The van der Waals surface area contributed by atoms with Crippen molar-refractivity contribution in [3.63, 3.8) is 0 Å². The molecule has 30 heavy (non-hydrogen) atoms. The molecule has 0 spiro atoms. The van der Waals surface area contributed by atoms with Crippen molar-refractivity contribution >= 4 is 29.2 Å². The summed E-state index contributed by atoms with van der Waals surface area (Å²) in [7, 11) is 0. The van der Waals surface area contributed by atoms with E-state index in [0.717, 1.165) is 11.1 Å². The number of carbonyl (C=O) groups excluding carboxylic acids is 3. The van der Waals surface area contributed by atoms with Crippen molar-refractivity contribution in [3.8, 4) is 0 Å². The topological polar surface area (TPSA) is 84.5 Å². The van der Waals surface area contributed by atoms with E-state index >= 15 is 0 Å². The molecule has 3 rings (SSSR count). The molecule has 152 valence electrons. The molecule has 6 nitrogen and oxygen atoms in total. The SMILES string of the molecule is Cc1ccc(C)c(C(=O)OCC(=O)Nc2ccccc2C(=O)Nc2ccccc2)c1. The van der Waals surface area contributed by atoms with Gasteiger partial charge in [-0.1, -0.05) is 48.0 Å². The summed E-state index contributed by atoms with van der Waals surface area (Å²) in [5, 5.41) is 5.41. The second kappa shape index (κ2) is 9.52. The van der Waals surface area contributed by atoms with Crippen LogP contribution in [0.15, 0.2) is 72.8 Å². The zero-order valence-corrected chi connectivity index (χ0v) is 16.8. The molecule has 2 N–H and O–H groups in total. The number of para-hydroxylation sites is 2. The molecule has 0 aliphatic rings. The fourth-order valence-electron chi connectivity index (χ4n) is 2.86. The fraction of sp³-hybridized carbons (Fsp3) is 0.125.